The summed E-state index contributed by atoms with van der Waals surface area (Å²) in [4.78, 5) is 26.4. The zero-order chi connectivity index (χ0) is 20.9. The van der Waals surface area contributed by atoms with Crippen LogP contribution >= 0.6 is 0 Å². The standard InChI is InChI=1S/C23H26N2O4/c1-4-25(15-17-9-6-5-7-10-17)16-18-11-8-12-19(13-18)24-14-20-21(26)28-23(2,3)29-22(20)27/h5-14,24H,4,15-16H2,1-3H3. The second-order valence-electron chi connectivity index (χ2n) is 7.37. The van der Waals surface area contributed by atoms with Crippen molar-refractivity contribution in [3.63, 3.8) is 0 Å². The van der Waals surface area contributed by atoms with Crippen molar-refractivity contribution in [3.05, 3.63) is 77.5 Å². The maximum absolute atomic E-state index is 12.0. The van der Waals surface area contributed by atoms with Gasteiger partial charge in [-0.25, -0.2) is 9.59 Å². The van der Waals surface area contributed by atoms with Crippen LogP contribution < -0.4 is 5.32 Å². The number of carbonyl (C=O) groups excluding carboxylic acids is 2. The third-order valence-electron chi connectivity index (χ3n) is 4.53. The Kier molecular flexibility index (Phi) is 6.34. The fourth-order valence-corrected chi connectivity index (χ4v) is 3.07. The van der Waals surface area contributed by atoms with E-state index in [1.54, 1.807) is 0 Å². The predicted molar refractivity (Wildman–Crippen MR) is 111 cm³/mol. The van der Waals surface area contributed by atoms with Crippen molar-refractivity contribution in [1.29, 1.82) is 0 Å². The van der Waals surface area contributed by atoms with Gasteiger partial charge < -0.3 is 14.8 Å². The summed E-state index contributed by atoms with van der Waals surface area (Å²) in [6.07, 6.45) is 1.33. The number of benzene rings is 2. The number of anilines is 1. The minimum atomic E-state index is -1.24. The third-order valence-corrected chi connectivity index (χ3v) is 4.53. The molecule has 1 saturated heterocycles. The van der Waals surface area contributed by atoms with Crippen molar-refractivity contribution in [3.8, 4) is 0 Å². The van der Waals surface area contributed by atoms with E-state index in [2.05, 4.69) is 35.3 Å². The first-order chi connectivity index (χ1) is 13.9. The highest BCUT2D eigenvalue weighted by Crippen LogP contribution is 2.23. The molecule has 152 valence electrons. The van der Waals surface area contributed by atoms with Crippen LogP contribution in [0, 0.1) is 0 Å². The van der Waals surface area contributed by atoms with Gasteiger partial charge in [0.15, 0.2) is 5.57 Å². The van der Waals surface area contributed by atoms with Gasteiger partial charge >= 0.3 is 11.9 Å². The molecule has 0 spiro atoms. The van der Waals surface area contributed by atoms with Crippen molar-refractivity contribution < 1.29 is 19.1 Å². The van der Waals surface area contributed by atoms with Crippen molar-refractivity contribution in [2.75, 3.05) is 11.9 Å². The first kappa shape index (κ1) is 20.6. The molecular weight excluding hydrogens is 368 g/mol. The summed E-state index contributed by atoms with van der Waals surface area (Å²) >= 11 is 0. The highest BCUT2D eigenvalue weighted by molar-refractivity contribution is 6.15. The summed E-state index contributed by atoms with van der Waals surface area (Å²) in [5, 5.41) is 3.00. The summed E-state index contributed by atoms with van der Waals surface area (Å²) in [7, 11) is 0. The van der Waals surface area contributed by atoms with Gasteiger partial charge in [-0.15, -0.1) is 0 Å². The molecule has 1 aliphatic heterocycles. The van der Waals surface area contributed by atoms with Crippen LogP contribution in [0.2, 0.25) is 0 Å². The van der Waals surface area contributed by atoms with E-state index in [4.69, 9.17) is 9.47 Å². The van der Waals surface area contributed by atoms with E-state index in [1.807, 2.05) is 36.4 Å². The number of rotatable bonds is 7. The highest BCUT2D eigenvalue weighted by Gasteiger charge is 2.38. The van der Waals surface area contributed by atoms with Crippen molar-refractivity contribution in [1.82, 2.24) is 4.90 Å². The van der Waals surface area contributed by atoms with Crippen LogP contribution in [0.4, 0.5) is 5.69 Å². The first-order valence-corrected chi connectivity index (χ1v) is 9.65. The Hall–Kier alpha value is -3.12. The lowest BCUT2D eigenvalue weighted by molar-refractivity contribution is -0.222. The van der Waals surface area contributed by atoms with E-state index >= 15 is 0 Å². The molecule has 2 aromatic carbocycles. The van der Waals surface area contributed by atoms with E-state index in [9.17, 15) is 9.59 Å². The number of cyclic esters (lactones) is 2. The van der Waals surface area contributed by atoms with E-state index < -0.39 is 17.7 Å². The molecule has 6 nitrogen and oxygen atoms in total. The third kappa shape index (κ3) is 5.68. The van der Waals surface area contributed by atoms with Crippen molar-refractivity contribution in [2.45, 2.75) is 39.6 Å². The summed E-state index contributed by atoms with van der Waals surface area (Å²) < 4.78 is 10.2. The molecule has 0 radical (unpaired) electrons. The van der Waals surface area contributed by atoms with Crippen LogP contribution in [0.5, 0.6) is 0 Å². The Bertz CT molecular complexity index is 884. The fraction of sp³-hybridized carbons (Fsp3) is 0.304. The predicted octanol–water partition coefficient (Wildman–Crippen LogP) is 3.84. The number of nitrogens with zero attached hydrogens (tertiary/aromatic N) is 1. The molecule has 29 heavy (non-hydrogen) atoms. The highest BCUT2D eigenvalue weighted by atomic mass is 16.7. The topological polar surface area (TPSA) is 67.9 Å². The van der Waals surface area contributed by atoms with Gasteiger partial charge in [0.05, 0.1) is 0 Å². The maximum Gasteiger partial charge on any atom is 0.350 e. The zero-order valence-corrected chi connectivity index (χ0v) is 17.0. The lowest BCUT2D eigenvalue weighted by atomic mass is 10.1. The minimum absolute atomic E-state index is 0.158. The van der Waals surface area contributed by atoms with Gasteiger partial charge in [0.25, 0.3) is 5.79 Å². The molecule has 0 unspecified atom stereocenters. The molecule has 2 aromatic rings. The van der Waals surface area contributed by atoms with Crippen LogP contribution in [0.1, 0.15) is 31.9 Å². The SMILES string of the molecule is CCN(Cc1ccccc1)Cc1cccc(NC=C2C(=O)OC(C)(C)OC2=O)c1. The molecule has 0 atom stereocenters. The first-order valence-electron chi connectivity index (χ1n) is 9.65. The largest absolute Gasteiger partial charge is 0.419 e. The van der Waals surface area contributed by atoms with E-state index in [0.717, 1.165) is 30.9 Å². The number of carbonyl (C=O) groups is 2. The van der Waals surface area contributed by atoms with Crippen LogP contribution in [-0.4, -0.2) is 29.2 Å². The molecule has 1 aliphatic rings. The van der Waals surface area contributed by atoms with E-state index in [0.29, 0.717) is 0 Å². The number of nitrogens with one attached hydrogen (secondary N) is 1. The van der Waals surface area contributed by atoms with Gasteiger partial charge in [0, 0.05) is 38.8 Å². The molecular formula is C23H26N2O4. The lowest BCUT2D eigenvalue weighted by Gasteiger charge is -2.29. The Morgan fingerprint density at radius 1 is 0.931 bits per heavy atom. The van der Waals surface area contributed by atoms with Crippen molar-refractivity contribution >= 4 is 17.6 Å². The average molecular weight is 394 g/mol. The quantitative estimate of drug-likeness (QED) is 0.437. The average Bonchev–Trinajstić information content (AvgIpc) is 2.67. The smallest absolute Gasteiger partial charge is 0.350 e. The minimum Gasteiger partial charge on any atom is -0.419 e. The number of hydrogen-bond donors (Lipinski definition) is 1. The van der Waals surface area contributed by atoms with Crippen LogP contribution in [0.15, 0.2) is 66.4 Å². The summed E-state index contributed by atoms with van der Waals surface area (Å²) in [5.74, 6) is -2.64. The summed E-state index contributed by atoms with van der Waals surface area (Å²) in [5.41, 5.74) is 3.01. The van der Waals surface area contributed by atoms with Gasteiger partial charge in [-0.05, 0) is 29.8 Å². The molecule has 3 rings (SSSR count). The van der Waals surface area contributed by atoms with Crippen LogP contribution in [0.25, 0.3) is 0 Å². The van der Waals surface area contributed by atoms with E-state index in [-0.39, 0.29) is 5.57 Å². The summed E-state index contributed by atoms with van der Waals surface area (Å²) in [6, 6.07) is 18.2. The molecule has 0 aromatic heterocycles. The Morgan fingerprint density at radius 3 is 2.21 bits per heavy atom. The van der Waals surface area contributed by atoms with Gasteiger partial charge in [-0.1, -0.05) is 49.4 Å². The number of ether oxygens (including phenoxy) is 2. The van der Waals surface area contributed by atoms with Crippen LogP contribution in [0.3, 0.4) is 0 Å². The lowest BCUT2D eigenvalue weighted by Crippen LogP contribution is -2.42. The Labute approximate surface area is 171 Å². The second kappa shape index (κ2) is 8.92. The second-order valence-corrected chi connectivity index (χ2v) is 7.37. The molecule has 0 bridgehead atoms. The van der Waals surface area contributed by atoms with Gasteiger partial charge in [-0.2, -0.15) is 0 Å². The molecule has 6 heteroatoms. The number of hydrogen-bond acceptors (Lipinski definition) is 6. The molecule has 0 aliphatic carbocycles. The fourth-order valence-electron chi connectivity index (χ4n) is 3.07. The van der Waals surface area contributed by atoms with Gasteiger partial charge in [0.1, 0.15) is 0 Å². The van der Waals surface area contributed by atoms with Crippen molar-refractivity contribution in [2.24, 2.45) is 0 Å². The Balaban J connectivity index is 1.66. The molecule has 1 fully saturated rings. The zero-order valence-electron chi connectivity index (χ0n) is 17.0. The normalized spacial score (nSPS) is 15.7. The maximum atomic E-state index is 12.0. The monoisotopic (exact) mass is 394 g/mol. The molecule has 0 saturated carbocycles. The molecule has 1 N–H and O–H groups in total. The molecule has 0 amide bonds. The van der Waals surface area contributed by atoms with Gasteiger partial charge in [-0.3, -0.25) is 4.90 Å². The van der Waals surface area contributed by atoms with Gasteiger partial charge in [0.2, 0.25) is 0 Å². The number of esters is 2. The van der Waals surface area contributed by atoms with Crippen LogP contribution in [-0.2, 0) is 32.2 Å². The van der Waals surface area contributed by atoms with E-state index in [1.165, 1.54) is 25.6 Å². The summed E-state index contributed by atoms with van der Waals surface area (Å²) in [6.45, 7) is 7.75. The molecule has 1 heterocycles. The Morgan fingerprint density at radius 2 is 1.55 bits per heavy atom.